The van der Waals surface area contributed by atoms with Gasteiger partial charge in [-0.15, -0.1) is 0 Å². The number of hydrogen-bond acceptors (Lipinski definition) is 14. The third-order valence-corrected chi connectivity index (χ3v) is 13.3. The molecule has 2 saturated heterocycles. The predicted molar refractivity (Wildman–Crippen MR) is 213 cm³/mol. The number of methoxy groups -OCH3 is 2. The molecule has 0 aromatic heterocycles. The van der Waals surface area contributed by atoms with Crippen LogP contribution in [0, 0.1) is 29.6 Å². The van der Waals surface area contributed by atoms with Gasteiger partial charge in [0.15, 0.2) is 12.6 Å². The first-order chi connectivity index (χ1) is 25.9. The highest BCUT2D eigenvalue weighted by Crippen LogP contribution is 2.43. The van der Waals surface area contributed by atoms with Crippen LogP contribution in [-0.4, -0.2) is 149 Å². The van der Waals surface area contributed by atoms with Crippen LogP contribution in [0.2, 0.25) is 0 Å². The van der Waals surface area contributed by atoms with Crippen LogP contribution >= 0.6 is 0 Å². The van der Waals surface area contributed by atoms with Gasteiger partial charge in [-0.1, -0.05) is 46.2 Å². The molecule has 56 heavy (non-hydrogen) atoms. The van der Waals surface area contributed by atoms with Crippen molar-refractivity contribution in [2.45, 2.75) is 199 Å². The molecular formula is C42H78N2O12. The highest BCUT2D eigenvalue weighted by Gasteiger charge is 2.53. The van der Waals surface area contributed by atoms with Crippen molar-refractivity contribution < 1.29 is 58.5 Å². The molecule has 3 aliphatic rings. The van der Waals surface area contributed by atoms with E-state index in [1.165, 1.54) is 7.11 Å². The van der Waals surface area contributed by atoms with Gasteiger partial charge in [-0.3, -0.25) is 4.79 Å². The smallest absolute Gasteiger partial charge is 0.185 e. The van der Waals surface area contributed by atoms with E-state index in [9.17, 15) is 25.2 Å². The Balaban J connectivity index is 2.29. The lowest BCUT2D eigenvalue weighted by atomic mass is 9.69. The van der Waals surface area contributed by atoms with Gasteiger partial charge in [0.1, 0.15) is 24.1 Å². The summed E-state index contributed by atoms with van der Waals surface area (Å²) in [6.07, 6.45) is -6.53. The predicted octanol–water partition coefficient (Wildman–Crippen LogP) is 4.32. The molecule has 0 amide bonds. The van der Waals surface area contributed by atoms with E-state index in [0.29, 0.717) is 25.0 Å². The number of likely N-dealkylation sites (N-methyl/N-ethyl adjacent to an activating group) is 1. The van der Waals surface area contributed by atoms with E-state index in [1.54, 1.807) is 34.8 Å². The molecular weight excluding hydrogens is 724 g/mol. The molecule has 0 bridgehead atoms. The number of aliphatic hydroxyl groups is 4. The minimum absolute atomic E-state index is 0.0402. The average molecular weight is 803 g/mol. The van der Waals surface area contributed by atoms with Crippen LogP contribution in [0.15, 0.2) is 5.16 Å². The van der Waals surface area contributed by atoms with Crippen molar-refractivity contribution in [1.29, 1.82) is 0 Å². The largest absolute Gasteiger partial charge is 0.393 e. The van der Waals surface area contributed by atoms with Crippen LogP contribution in [0.4, 0.5) is 0 Å². The molecule has 14 heteroatoms. The first-order valence-electron chi connectivity index (χ1n) is 20.8. The summed E-state index contributed by atoms with van der Waals surface area (Å²) in [5.74, 6) is -3.20. The third kappa shape index (κ3) is 10.9. The first-order valence-corrected chi connectivity index (χ1v) is 20.8. The summed E-state index contributed by atoms with van der Waals surface area (Å²) < 4.78 is 38.7. The van der Waals surface area contributed by atoms with Crippen molar-refractivity contribution in [2.75, 3.05) is 28.3 Å². The van der Waals surface area contributed by atoms with E-state index >= 15 is 0 Å². The standard InChI is InChI=1S/C42H78N2O12/c1-17-29-19-31(45)25(6)35(54-32-21-40(10,50-15)37(48)28(9)53-32)27(8)38(55-39-34(46)30(44(13)14)18-24(5)52-39)41(11,51-16)20-23(4)33(43-56-22(2)3)26(7)36(47)42(29,12)49/h22-30,32,34-39,46-49H,17-21H2,1-16H3/b43-33+/t23-,24-,25+,26+,27+,28+,29+,30+,32+,34-,35-,36-,37+,38-,39+,40-,41-,42-/m1/s1. The topological polar surface area (TPSA) is 178 Å². The lowest BCUT2D eigenvalue weighted by Gasteiger charge is -2.50. The highest BCUT2D eigenvalue weighted by molar-refractivity contribution is 5.89. The van der Waals surface area contributed by atoms with Crippen LogP contribution in [0.3, 0.4) is 0 Å². The Bertz CT molecular complexity index is 1280. The summed E-state index contributed by atoms with van der Waals surface area (Å²) in [7, 11) is 6.97. The quantitative estimate of drug-likeness (QED) is 0.230. The Morgan fingerprint density at radius 3 is 2.04 bits per heavy atom. The van der Waals surface area contributed by atoms with Gasteiger partial charge in [-0.2, -0.15) is 0 Å². The van der Waals surface area contributed by atoms with Gasteiger partial charge in [0.25, 0.3) is 0 Å². The molecule has 4 N–H and O–H groups in total. The van der Waals surface area contributed by atoms with E-state index in [4.69, 9.17) is 33.3 Å². The van der Waals surface area contributed by atoms with Gasteiger partial charge in [0.05, 0.1) is 53.0 Å². The summed E-state index contributed by atoms with van der Waals surface area (Å²) in [6, 6.07) is -0.249. The fourth-order valence-electron chi connectivity index (χ4n) is 9.36. The molecule has 18 atom stereocenters. The molecule has 0 spiro atoms. The molecule has 328 valence electrons. The number of hydrogen-bond donors (Lipinski definition) is 4. The Labute approximate surface area is 336 Å². The monoisotopic (exact) mass is 803 g/mol. The maximum Gasteiger partial charge on any atom is 0.185 e. The van der Waals surface area contributed by atoms with Crippen LogP contribution < -0.4 is 0 Å². The number of Topliss-reactive ketones (excluding diaryl/α,β-unsaturated/α-hetero) is 1. The van der Waals surface area contributed by atoms with Gasteiger partial charge in [0, 0.05) is 56.8 Å². The SMILES string of the molecule is CC[C@H]1CC(=O)[C@H](C)[C@@H](O[C@H]2C[C@@](C)(OC)[C@@H](O)[C@H](C)O2)[C@H](C)[C@@H](O[C@@H]2O[C@H](C)C[C@H](N(C)C)[C@H]2O)[C@](C)(OC)C[C@@H](C)/C(=N\OC(C)C)[C@H](C)[C@@H](O)[C@]1(C)O. The van der Waals surface area contributed by atoms with Gasteiger partial charge < -0.3 is 58.6 Å². The number of oxime groups is 1. The van der Waals surface area contributed by atoms with Crippen molar-refractivity contribution in [3.8, 4) is 0 Å². The zero-order chi connectivity index (χ0) is 42.7. The van der Waals surface area contributed by atoms with Crippen LogP contribution in [-0.2, 0) is 38.1 Å². The maximum absolute atomic E-state index is 14.6. The number of ether oxygens (including phenoxy) is 6. The summed E-state index contributed by atoms with van der Waals surface area (Å²) in [5, 5.41) is 51.4. The lowest BCUT2D eigenvalue weighted by molar-refractivity contribution is -0.318. The fraction of sp³-hybridized carbons (Fsp3) is 0.952. The maximum atomic E-state index is 14.6. The lowest BCUT2D eigenvalue weighted by Crippen LogP contribution is -2.61. The highest BCUT2D eigenvalue weighted by atomic mass is 16.7. The van der Waals surface area contributed by atoms with E-state index in [0.717, 1.165) is 0 Å². The second-order valence-electron chi connectivity index (χ2n) is 18.3. The molecule has 0 aromatic carbocycles. The number of nitrogens with zero attached hydrogens (tertiary/aromatic N) is 2. The molecule has 2 aliphatic heterocycles. The summed E-state index contributed by atoms with van der Waals surface area (Å²) >= 11 is 0. The average Bonchev–Trinajstić information content (AvgIpc) is 3.13. The van der Waals surface area contributed by atoms with E-state index in [-0.39, 0.29) is 42.8 Å². The molecule has 0 radical (unpaired) electrons. The number of ketones is 1. The molecule has 1 saturated carbocycles. The minimum atomic E-state index is -1.67. The van der Waals surface area contributed by atoms with E-state index in [2.05, 4.69) is 5.16 Å². The Morgan fingerprint density at radius 2 is 1.50 bits per heavy atom. The zero-order valence-corrected chi connectivity index (χ0v) is 37.2. The Hall–Kier alpha value is -1.30. The number of aliphatic hydroxyl groups excluding tert-OH is 3. The normalized spacial score (nSPS) is 47.3. The van der Waals surface area contributed by atoms with Crippen molar-refractivity contribution in [1.82, 2.24) is 4.90 Å². The second kappa shape index (κ2) is 19.8. The van der Waals surface area contributed by atoms with Crippen LogP contribution in [0.25, 0.3) is 0 Å². The second-order valence-corrected chi connectivity index (χ2v) is 18.3. The minimum Gasteiger partial charge on any atom is -0.393 e. The van der Waals surface area contributed by atoms with Crippen molar-refractivity contribution in [3.63, 3.8) is 0 Å². The van der Waals surface area contributed by atoms with E-state index in [1.807, 2.05) is 74.4 Å². The van der Waals surface area contributed by atoms with Gasteiger partial charge in [0.2, 0.25) is 0 Å². The summed E-state index contributed by atoms with van der Waals surface area (Å²) in [5.41, 5.74) is -3.27. The summed E-state index contributed by atoms with van der Waals surface area (Å²) in [6.45, 7) is 22.2. The first kappa shape index (κ1) is 49.1. The van der Waals surface area contributed by atoms with Crippen molar-refractivity contribution in [2.24, 2.45) is 34.7 Å². The number of carbonyl (C=O) groups excluding carboxylic acids is 1. The summed E-state index contributed by atoms with van der Waals surface area (Å²) in [4.78, 5) is 22.4. The Kier molecular flexibility index (Phi) is 17.4. The molecule has 3 fully saturated rings. The van der Waals surface area contributed by atoms with Gasteiger partial charge in [-0.05, 0) is 81.3 Å². The zero-order valence-electron chi connectivity index (χ0n) is 37.2. The van der Waals surface area contributed by atoms with E-state index < -0.39 is 89.7 Å². The van der Waals surface area contributed by atoms with Crippen molar-refractivity contribution in [3.05, 3.63) is 0 Å². The Morgan fingerprint density at radius 1 is 0.893 bits per heavy atom. The van der Waals surface area contributed by atoms with Crippen molar-refractivity contribution >= 4 is 11.5 Å². The molecule has 1 aliphatic carbocycles. The number of carbonyl (C=O) groups is 1. The molecule has 0 aromatic rings. The fourth-order valence-corrected chi connectivity index (χ4v) is 9.36. The van der Waals surface area contributed by atoms with Crippen LogP contribution in [0.5, 0.6) is 0 Å². The van der Waals surface area contributed by atoms with Crippen LogP contribution in [0.1, 0.15) is 115 Å². The van der Waals surface area contributed by atoms with Gasteiger partial charge >= 0.3 is 0 Å². The molecule has 14 nitrogen and oxygen atoms in total. The third-order valence-electron chi connectivity index (χ3n) is 13.3. The molecule has 0 unspecified atom stereocenters. The van der Waals surface area contributed by atoms with Gasteiger partial charge in [-0.25, -0.2) is 0 Å². The molecule has 3 rings (SSSR count). The molecule has 2 heterocycles. The number of rotatable bonds is 10.